The number of furan rings is 1. The van der Waals surface area contributed by atoms with E-state index in [-0.39, 0.29) is 42.3 Å². The summed E-state index contributed by atoms with van der Waals surface area (Å²) in [5.41, 5.74) is 2.59. The van der Waals surface area contributed by atoms with Crippen LogP contribution >= 0.6 is 11.6 Å². The van der Waals surface area contributed by atoms with E-state index >= 15 is 0 Å². The fourth-order valence-corrected chi connectivity index (χ4v) is 6.20. The minimum Gasteiger partial charge on any atom is -0.467 e. The third-order valence-corrected chi connectivity index (χ3v) is 9.10. The Balaban J connectivity index is 1.35. The van der Waals surface area contributed by atoms with Crippen LogP contribution in [0.3, 0.4) is 0 Å². The molecular weight excluding hydrogens is 586 g/mol. The van der Waals surface area contributed by atoms with Gasteiger partial charge in [0.05, 0.1) is 17.7 Å². The van der Waals surface area contributed by atoms with E-state index in [0.29, 0.717) is 23.6 Å². The number of aryl methyl sites for hydroxylation is 1. The third-order valence-electron chi connectivity index (χ3n) is 7.31. The van der Waals surface area contributed by atoms with Crippen LogP contribution in [0, 0.1) is 0 Å². The van der Waals surface area contributed by atoms with Crippen molar-refractivity contribution in [2.75, 3.05) is 0 Å². The van der Waals surface area contributed by atoms with Crippen LogP contribution in [-0.4, -0.2) is 37.2 Å². The molecule has 1 atom stereocenters. The van der Waals surface area contributed by atoms with Crippen LogP contribution in [0.25, 0.3) is 0 Å². The molecule has 1 aliphatic rings. The van der Waals surface area contributed by atoms with Gasteiger partial charge in [-0.2, -0.15) is 0 Å². The van der Waals surface area contributed by atoms with Crippen LogP contribution in [0.1, 0.15) is 41.7 Å². The highest BCUT2D eigenvalue weighted by Crippen LogP contribution is 2.23. The Hall–Kier alpha value is -3.92. The molecule has 224 valence electrons. The number of rotatable bonds is 14. The van der Waals surface area contributed by atoms with Gasteiger partial charge in [-0.15, -0.1) is 0 Å². The minimum atomic E-state index is -3.55. The molecule has 8 nitrogen and oxygen atoms in total. The fraction of sp³-hybridized carbons (Fsp3) is 0.273. The van der Waals surface area contributed by atoms with E-state index in [1.807, 2.05) is 42.5 Å². The van der Waals surface area contributed by atoms with Crippen LogP contribution in [0.2, 0.25) is 5.02 Å². The van der Waals surface area contributed by atoms with Crippen molar-refractivity contribution in [3.05, 3.63) is 125 Å². The van der Waals surface area contributed by atoms with Gasteiger partial charge in [-0.1, -0.05) is 66.2 Å². The Kier molecular flexibility index (Phi) is 9.97. The number of hydrogen-bond acceptors (Lipinski definition) is 5. The maximum Gasteiger partial charge on any atom is 0.243 e. The lowest BCUT2D eigenvalue weighted by atomic mass is 10.0. The van der Waals surface area contributed by atoms with E-state index < -0.39 is 16.1 Å². The highest BCUT2D eigenvalue weighted by molar-refractivity contribution is 7.89. The lowest BCUT2D eigenvalue weighted by Crippen LogP contribution is -2.50. The number of nitrogens with zero attached hydrogens (tertiary/aromatic N) is 1. The van der Waals surface area contributed by atoms with Gasteiger partial charge in [0.25, 0.3) is 0 Å². The molecule has 4 aromatic rings. The Morgan fingerprint density at radius 3 is 2.23 bits per heavy atom. The number of benzene rings is 3. The number of carbonyl (C=O) groups excluding carboxylic acids is 2. The summed E-state index contributed by atoms with van der Waals surface area (Å²) in [5, 5.41) is 3.52. The van der Waals surface area contributed by atoms with E-state index in [1.165, 1.54) is 0 Å². The first kappa shape index (κ1) is 30.5. The quantitative estimate of drug-likeness (QED) is 0.200. The Morgan fingerprint density at radius 1 is 0.884 bits per heavy atom. The first-order valence-electron chi connectivity index (χ1n) is 14.3. The van der Waals surface area contributed by atoms with Crippen LogP contribution < -0.4 is 10.0 Å². The number of halogens is 1. The van der Waals surface area contributed by atoms with E-state index in [1.54, 1.807) is 59.7 Å². The summed E-state index contributed by atoms with van der Waals surface area (Å²) >= 11 is 6.11. The van der Waals surface area contributed by atoms with E-state index in [2.05, 4.69) is 10.0 Å². The van der Waals surface area contributed by atoms with Crippen molar-refractivity contribution in [3.8, 4) is 0 Å². The minimum absolute atomic E-state index is 0.0223. The van der Waals surface area contributed by atoms with Gasteiger partial charge < -0.3 is 14.6 Å². The molecule has 1 heterocycles. The number of hydrogen-bond donors (Lipinski definition) is 2. The third kappa shape index (κ3) is 8.79. The van der Waals surface area contributed by atoms with Gasteiger partial charge in [-0.05, 0) is 72.4 Å². The largest absolute Gasteiger partial charge is 0.467 e. The molecular formula is C33H34ClN3O5S. The molecule has 0 spiro atoms. The van der Waals surface area contributed by atoms with Crippen molar-refractivity contribution in [2.24, 2.45) is 0 Å². The zero-order chi connectivity index (χ0) is 30.2. The van der Waals surface area contributed by atoms with Gasteiger partial charge in [-0.25, -0.2) is 13.1 Å². The summed E-state index contributed by atoms with van der Waals surface area (Å²) in [6.07, 6.45) is 4.11. The molecule has 1 aromatic heterocycles. The van der Waals surface area contributed by atoms with E-state index in [9.17, 15) is 18.0 Å². The van der Waals surface area contributed by atoms with Crippen LogP contribution in [0.5, 0.6) is 0 Å². The summed E-state index contributed by atoms with van der Waals surface area (Å²) in [7, 11) is -3.55. The molecule has 5 rings (SSSR count). The van der Waals surface area contributed by atoms with Crippen molar-refractivity contribution in [1.82, 2.24) is 14.9 Å². The first-order valence-corrected chi connectivity index (χ1v) is 16.1. The number of carbonyl (C=O) groups is 2. The molecule has 1 saturated carbocycles. The molecule has 0 bridgehead atoms. The summed E-state index contributed by atoms with van der Waals surface area (Å²) in [6.45, 7) is 0.413. The predicted octanol–water partition coefficient (Wildman–Crippen LogP) is 5.26. The molecule has 0 radical (unpaired) electrons. The van der Waals surface area contributed by atoms with Crippen LogP contribution in [0.4, 0.5) is 0 Å². The van der Waals surface area contributed by atoms with Gasteiger partial charge in [0.15, 0.2) is 0 Å². The van der Waals surface area contributed by atoms with Crippen molar-refractivity contribution < 1.29 is 22.4 Å². The van der Waals surface area contributed by atoms with Gasteiger partial charge in [-0.3, -0.25) is 9.59 Å². The van der Waals surface area contributed by atoms with Gasteiger partial charge in [0, 0.05) is 30.5 Å². The smallest absolute Gasteiger partial charge is 0.243 e. The highest BCUT2D eigenvalue weighted by Gasteiger charge is 2.31. The molecule has 1 fully saturated rings. The standard InChI is InChI=1S/C33H34ClN3O5S/c34-27-13-8-26(9-14-27)23-37(31(21-25-5-2-1-3-6-25)33(39)35-22-29-7-4-20-42-29)32(38)19-12-24-10-17-30(18-11-24)43(40,41)36-28-15-16-28/h1-11,13-14,17-18,20,28,31,36H,12,15-16,19,21-23H2,(H,35,39)/t31-/m0/s1. The molecule has 10 heteroatoms. The Bertz CT molecular complexity index is 1610. The summed E-state index contributed by atoms with van der Waals surface area (Å²) < 4.78 is 33.1. The summed E-state index contributed by atoms with van der Waals surface area (Å²) in [6, 6.07) is 26.2. The number of nitrogens with one attached hydrogen (secondary N) is 2. The maximum atomic E-state index is 13.9. The van der Waals surface area contributed by atoms with Crippen molar-refractivity contribution >= 4 is 33.4 Å². The van der Waals surface area contributed by atoms with E-state index in [0.717, 1.165) is 29.5 Å². The average Bonchev–Trinajstić information content (AvgIpc) is 3.66. The van der Waals surface area contributed by atoms with Crippen molar-refractivity contribution in [2.45, 2.75) is 62.2 Å². The zero-order valence-corrected chi connectivity index (χ0v) is 25.2. The lowest BCUT2D eigenvalue weighted by Gasteiger charge is -2.31. The maximum absolute atomic E-state index is 13.9. The average molecular weight is 620 g/mol. The lowest BCUT2D eigenvalue weighted by molar-refractivity contribution is -0.141. The SMILES string of the molecule is O=C(NCc1ccco1)[C@H](Cc1ccccc1)N(Cc1ccc(Cl)cc1)C(=O)CCc1ccc(S(=O)(=O)NC2CC2)cc1. The van der Waals surface area contributed by atoms with Crippen molar-refractivity contribution in [3.63, 3.8) is 0 Å². The topological polar surface area (TPSA) is 109 Å². The van der Waals surface area contributed by atoms with Gasteiger partial charge in [0.2, 0.25) is 21.8 Å². The Morgan fingerprint density at radius 2 is 1.58 bits per heavy atom. The number of amides is 2. The predicted molar refractivity (Wildman–Crippen MR) is 165 cm³/mol. The second kappa shape index (κ2) is 14.0. The Labute approximate surface area is 257 Å². The molecule has 2 amide bonds. The fourth-order valence-electron chi connectivity index (χ4n) is 4.76. The highest BCUT2D eigenvalue weighted by atomic mass is 35.5. The monoisotopic (exact) mass is 619 g/mol. The first-order chi connectivity index (χ1) is 20.8. The second-order valence-electron chi connectivity index (χ2n) is 10.7. The van der Waals surface area contributed by atoms with Crippen molar-refractivity contribution in [1.29, 1.82) is 0 Å². The normalized spacial score (nSPS) is 13.8. The van der Waals surface area contributed by atoms with Gasteiger partial charge in [0.1, 0.15) is 11.8 Å². The molecule has 0 unspecified atom stereocenters. The van der Waals surface area contributed by atoms with Crippen LogP contribution in [0.15, 0.2) is 107 Å². The van der Waals surface area contributed by atoms with Crippen LogP contribution in [-0.2, 0) is 45.5 Å². The summed E-state index contributed by atoms with van der Waals surface area (Å²) in [5.74, 6) is 0.122. The molecule has 0 aliphatic heterocycles. The second-order valence-corrected chi connectivity index (χ2v) is 12.8. The summed E-state index contributed by atoms with van der Waals surface area (Å²) in [4.78, 5) is 29.4. The molecule has 0 saturated heterocycles. The molecule has 3 aromatic carbocycles. The van der Waals surface area contributed by atoms with Gasteiger partial charge >= 0.3 is 0 Å². The number of sulfonamides is 1. The molecule has 1 aliphatic carbocycles. The van der Waals surface area contributed by atoms with E-state index in [4.69, 9.17) is 16.0 Å². The molecule has 2 N–H and O–H groups in total. The zero-order valence-electron chi connectivity index (χ0n) is 23.6. The molecule has 43 heavy (non-hydrogen) atoms.